The van der Waals surface area contributed by atoms with Crippen molar-refractivity contribution in [1.29, 1.82) is 0 Å². The third-order valence-electron chi connectivity index (χ3n) is 3.98. The number of alkyl carbamates (subject to hydrolysis) is 1. The number of ether oxygens (including phenoxy) is 1. The maximum Gasteiger partial charge on any atom is 0.407 e. The molecule has 1 unspecified atom stereocenters. The number of fused-ring (bicyclic) bond motifs is 1. The van der Waals surface area contributed by atoms with E-state index >= 15 is 0 Å². The fourth-order valence-electron chi connectivity index (χ4n) is 2.79. The van der Waals surface area contributed by atoms with Gasteiger partial charge in [-0.2, -0.15) is 0 Å². The van der Waals surface area contributed by atoms with Gasteiger partial charge < -0.3 is 15.0 Å². The van der Waals surface area contributed by atoms with Crippen LogP contribution in [0.1, 0.15) is 23.6 Å². The van der Waals surface area contributed by atoms with Gasteiger partial charge in [0.2, 0.25) is 0 Å². The molecule has 1 amide bonds. The van der Waals surface area contributed by atoms with E-state index in [0.717, 1.165) is 24.1 Å². The van der Waals surface area contributed by atoms with E-state index < -0.39 is 0 Å². The molecular weight excluding hydrogens is 276 g/mol. The fraction of sp³-hybridized carbons (Fsp3) is 0.278. The number of para-hydroxylation sites is 1. The summed E-state index contributed by atoms with van der Waals surface area (Å²) in [5.74, 6) is 0. The molecule has 114 valence electrons. The molecule has 0 aromatic heterocycles. The molecule has 0 fully saturated rings. The molecule has 0 bridgehead atoms. The highest BCUT2D eigenvalue weighted by atomic mass is 16.5. The number of carbonyl (C=O) groups excluding carboxylic acids is 1. The van der Waals surface area contributed by atoms with Gasteiger partial charge >= 0.3 is 6.09 Å². The summed E-state index contributed by atoms with van der Waals surface area (Å²) in [5.41, 5.74) is 3.30. The summed E-state index contributed by atoms with van der Waals surface area (Å²) in [6.07, 6.45) is 0.515. The largest absolute Gasteiger partial charge is 0.445 e. The van der Waals surface area contributed by atoms with Crippen molar-refractivity contribution in [3.8, 4) is 0 Å². The summed E-state index contributed by atoms with van der Waals surface area (Å²) in [5, 5.41) is 2.98. The van der Waals surface area contributed by atoms with Gasteiger partial charge in [0.1, 0.15) is 6.61 Å². The standard InChI is InChI=1S/C18H20N2O2/c1-20-12-11-16(15-9-5-6-10-17(15)20)19-18(21)22-13-14-7-3-2-4-8-14/h2-10,16H,11-13H2,1H3,(H,19,21). The highest BCUT2D eigenvalue weighted by Crippen LogP contribution is 2.32. The van der Waals surface area contributed by atoms with Crippen molar-refractivity contribution in [2.24, 2.45) is 0 Å². The normalized spacial score (nSPS) is 16.8. The summed E-state index contributed by atoms with van der Waals surface area (Å²) < 4.78 is 5.31. The first-order valence-corrected chi connectivity index (χ1v) is 7.51. The van der Waals surface area contributed by atoms with Crippen molar-refractivity contribution >= 4 is 11.8 Å². The van der Waals surface area contributed by atoms with E-state index in [4.69, 9.17) is 4.74 Å². The maximum atomic E-state index is 12.0. The molecule has 4 heteroatoms. The average Bonchev–Trinajstić information content (AvgIpc) is 2.57. The van der Waals surface area contributed by atoms with Gasteiger partial charge in [-0.15, -0.1) is 0 Å². The van der Waals surface area contributed by atoms with Gasteiger partial charge in [-0.25, -0.2) is 4.79 Å². The number of nitrogens with one attached hydrogen (secondary N) is 1. The van der Waals surface area contributed by atoms with E-state index in [-0.39, 0.29) is 12.1 Å². The number of carbonyl (C=O) groups is 1. The molecule has 2 aromatic rings. The molecule has 1 heterocycles. The van der Waals surface area contributed by atoms with Crippen molar-refractivity contribution in [3.63, 3.8) is 0 Å². The van der Waals surface area contributed by atoms with Gasteiger partial charge in [0.25, 0.3) is 0 Å². The van der Waals surface area contributed by atoms with Gasteiger partial charge in [-0.3, -0.25) is 0 Å². The predicted molar refractivity (Wildman–Crippen MR) is 86.8 cm³/mol. The van der Waals surface area contributed by atoms with Crippen LogP contribution in [-0.2, 0) is 11.3 Å². The van der Waals surface area contributed by atoms with Gasteiger partial charge in [0, 0.05) is 19.3 Å². The number of benzene rings is 2. The van der Waals surface area contributed by atoms with Crippen LogP contribution in [0.25, 0.3) is 0 Å². The van der Waals surface area contributed by atoms with Gasteiger partial charge in [0.05, 0.1) is 6.04 Å². The Morgan fingerprint density at radius 1 is 1.18 bits per heavy atom. The maximum absolute atomic E-state index is 12.0. The van der Waals surface area contributed by atoms with E-state index in [1.807, 2.05) is 42.5 Å². The molecule has 4 nitrogen and oxygen atoms in total. The first-order valence-electron chi connectivity index (χ1n) is 7.51. The lowest BCUT2D eigenvalue weighted by molar-refractivity contribution is 0.135. The molecule has 0 saturated heterocycles. The first-order chi connectivity index (χ1) is 10.7. The Morgan fingerprint density at radius 2 is 1.91 bits per heavy atom. The van der Waals surface area contributed by atoms with Crippen molar-refractivity contribution < 1.29 is 9.53 Å². The lowest BCUT2D eigenvalue weighted by atomic mass is 9.97. The molecule has 1 atom stereocenters. The summed E-state index contributed by atoms with van der Waals surface area (Å²) in [7, 11) is 2.07. The Hall–Kier alpha value is -2.49. The van der Waals surface area contributed by atoms with Crippen LogP contribution in [0.4, 0.5) is 10.5 Å². The second-order valence-electron chi connectivity index (χ2n) is 5.53. The third kappa shape index (κ3) is 3.22. The lowest BCUT2D eigenvalue weighted by Crippen LogP contribution is -2.36. The topological polar surface area (TPSA) is 41.6 Å². The number of nitrogens with zero attached hydrogens (tertiary/aromatic N) is 1. The second-order valence-corrected chi connectivity index (χ2v) is 5.53. The molecule has 1 N–H and O–H groups in total. The van der Waals surface area contributed by atoms with Crippen LogP contribution in [0.2, 0.25) is 0 Å². The quantitative estimate of drug-likeness (QED) is 0.942. The Kier molecular flexibility index (Phi) is 4.28. The average molecular weight is 296 g/mol. The molecule has 3 rings (SSSR count). The Morgan fingerprint density at radius 3 is 2.73 bits per heavy atom. The van der Waals surface area contributed by atoms with Crippen LogP contribution in [0, 0.1) is 0 Å². The SMILES string of the molecule is CN1CCC(NC(=O)OCc2ccccc2)c2ccccc21. The summed E-state index contributed by atoms with van der Waals surface area (Å²) in [6.45, 7) is 1.21. The molecule has 22 heavy (non-hydrogen) atoms. The van der Waals surface area contributed by atoms with Crippen molar-refractivity contribution in [3.05, 3.63) is 65.7 Å². The number of amides is 1. The van der Waals surface area contributed by atoms with Gasteiger partial charge in [-0.05, 0) is 23.6 Å². The smallest absolute Gasteiger partial charge is 0.407 e. The molecule has 0 radical (unpaired) electrons. The molecule has 0 spiro atoms. The van der Waals surface area contributed by atoms with E-state index in [1.54, 1.807) is 0 Å². The predicted octanol–water partition coefficient (Wildman–Crippen LogP) is 3.49. The van der Waals surface area contributed by atoms with Crippen LogP contribution in [-0.4, -0.2) is 19.7 Å². The molecule has 2 aromatic carbocycles. The van der Waals surface area contributed by atoms with Crippen LogP contribution in [0.15, 0.2) is 54.6 Å². The lowest BCUT2D eigenvalue weighted by Gasteiger charge is -2.33. The van der Waals surface area contributed by atoms with E-state index in [0.29, 0.717) is 6.61 Å². The van der Waals surface area contributed by atoms with Crippen LogP contribution >= 0.6 is 0 Å². The third-order valence-corrected chi connectivity index (χ3v) is 3.98. The second kappa shape index (κ2) is 6.52. The van der Waals surface area contributed by atoms with Crippen molar-refractivity contribution in [2.45, 2.75) is 19.1 Å². The highest BCUT2D eigenvalue weighted by molar-refractivity contribution is 5.69. The Bertz CT molecular complexity index is 643. The summed E-state index contributed by atoms with van der Waals surface area (Å²) >= 11 is 0. The first kappa shape index (κ1) is 14.4. The van der Waals surface area contributed by atoms with Crippen LogP contribution in [0.3, 0.4) is 0 Å². The molecule has 1 aliphatic rings. The Balaban J connectivity index is 1.61. The van der Waals surface area contributed by atoms with Crippen molar-refractivity contribution in [1.82, 2.24) is 5.32 Å². The van der Waals surface area contributed by atoms with Crippen LogP contribution < -0.4 is 10.2 Å². The zero-order valence-electron chi connectivity index (χ0n) is 12.7. The molecule has 0 saturated carbocycles. The van der Waals surface area contributed by atoms with Gasteiger partial charge in [0.15, 0.2) is 0 Å². The minimum Gasteiger partial charge on any atom is -0.445 e. The molecule has 0 aliphatic carbocycles. The Labute approximate surface area is 130 Å². The minimum atomic E-state index is -0.367. The number of hydrogen-bond donors (Lipinski definition) is 1. The zero-order valence-corrected chi connectivity index (χ0v) is 12.7. The fourth-order valence-corrected chi connectivity index (χ4v) is 2.79. The van der Waals surface area contributed by atoms with Crippen molar-refractivity contribution in [2.75, 3.05) is 18.5 Å². The van der Waals surface area contributed by atoms with Gasteiger partial charge in [-0.1, -0.05) is 48.5 Å². The molecule has 1 aliphatic heterocycles. The summed E-state index contributed by atoms with van der Waals surface area (Å²) in [6, 6.07) is 17.9. The number of hydrogen-bond acceptors (Lipinski definition) is 3. The van der Waals surface area contributed by atoms with E-state index in [2.05, 4.69) is 29.4 Å². The number of anilines is 1. The summed E-state index contributed by atoms with van der Waals surface area (Å²) in [4.78, 5) is 14.2. The minimum absolute atomic E-state index is 0.00988. The zero-order chi connectivity index (χ0) is 15.4. The molecular formula is C18H20N2O2. The number of rotatable bonds is 3. The monoisotopic (exact) mass is 296 g/mol. The van der Waals surface area contributed by atoms with Crippen LogP contribution in [0.5, 0.6) is 0 Å². The van der Waals surface area contributed by atoms with E-state index in [1.165, 1.54) is 5.69 Å². The highest BCUT2D eigenvalue weighted by Gasteiger charge is 2.24. The van der Waals surface area contributed by atoms with E-state index in [9.17, 15) is 4.79 Å².